The summed E-state index contributed by atoms with van der Waals surface area (Å²) in [6.07, 6.45) is 1.24. The number of guanidine groups is 1. The van der Waals surface area contributed by atoms with E-state index in [1.54, 1.807) is 7.05 Å². The predicted molar refractivity (Wildman–Crippen MR) is 97.9 cm³/mol. The van der Waals surface area contributed by atoms with Crippen LogP contribution in [0.4, 0.5) is 4.79 Å². The summed E-state index contributed by atoms with van der Waals surface area (Å²) in [6, 6.07) is 8.75. The monoisotopic (exact) mass is 359 g/mol. The number of aliphatic imine (C=N–C) groups is 1. The molecule has 0 spiro atoms. The minimum Gasteiger partial charge on any atom is -0.494 e. The van der Waals surface area contributed by atoms with Gasteiger partial charge in [0, 0.05) is 20.1 Å². The first-order valence-electron chi connectivity index (χ1n) is 8.95. The molecule has 0 saturated carbocycles. The van der Waals surface area contributed by atoms with Gasteiger partial charge in [-0.05, 0) is 25.0 Å². The fourth-order valence-electron chi connectivity index (χ4n) is 3.12. The van der Waals surface area contributed by atoms with Crippen molar-refractivity contribution in [1.82, 2.24) is 20.4 Å². The second kappa shape index (κ2) is 8.07. The highest BCUT2D eigenvalue weighted by Crippen LogP contribution is 2.21. The van der Waals surface area contributed by atoms with Crippen LogP contribution in [0.25, 0.3) is 0 Å². The molecule has 2 unspecified atom stereocenters. The molecule has 3 amide bonds. The van der Waals surface area contributed by atoms with E-state index in [0.717, 1.165) is 18.6 Å². The van der Waals surface area contributed by atoms with Crippen molar-refractivity contribution in [3.05, 3.63) is 30.3 Å². The van der Waals surface area contributed by atoms with Crippen LogP contribution in [0.15, 0.2) is 35.3 Å². The number of benzene rings is 1. The number of imide groups is 1. The third kappa shape index (κ3) is 3.74. The molecule has 2 aliphatic heterocycles. The maximum absolute atomic E-state index is 12.4. The molecule has 2 atom stereocenters. The van der Waals surface area contributed by atoms with E-state index in [1.165, 1.54) is 4.90 Å². The van der Waals surface area contributed by atoms with E-state index in [2.05, 4.69) is 15.6 Å². The Morgan fingerprint density at radius 1 is 1.23 bits per heavy atom. The number of nitrogens with one attached hydrogen (secondary N) is 2. The minimum atomic E-state index is -0.481. The highest BCUT2D eigenvalue weighted by molar-refractivity contribution is 6.04. The van der Waals surface area contributed by atoms with Crippen LogP contribution in [0.3, 0.4) is 0 Å². The second-order valence-electron chi connectivity index (χ2n) is 6.35. The first kappa shape index (κ1) is 18.0. The number of ether oxygens (including phenoxy) is 1. The van der Waals surface area contributed by atoms with E-state index in [-0.39, 0.29) is 5.91 Å². The van der Waals surface area contributed by atoms with Crippen molar-refractivity contribution in [3.8, 4) is 5.75 Å². The summed E-state index contributed by atoms with van der Waals surface area (Å²) in [7, 11) is 1.67. The first-order valence-corrected chi connectivity index (χ1v) is 8.95. The molecule has 2 saturated heterocycles. The van der Waals surface area contributed by atoms with Crippen LogP contribution in [-0.4, -0.2) is 66.6 Å². The molecular weight excluding hydrogens is 334 g/mol. The van der Waals surface area contributed by atoms with Crippen molar-refractivity contribution in [2.24, 2.45) is 4.99 Å². The van der Waals surface area contributed by atoms with Gasteiger partial charge in [-0.15, -0.1) is 0 Å². The number of hydrogen-bond donors (Lipinski definition) is 2. The molecule has 8 nitrogen and oxygen atoms in total. The molecule has 0 bridgehead atoms. The van der Waals surface area contributed by atoms with Gasteiger partial charge in [0.25, 0.3) is 5.91 Å². The Balaban J connectivity index is 1.65. The van der Waals surface area contributed by atoms with Crippen LogP contribution in [0.1, 0.15) is 19.8 Å². The molecule has 140 valence electrons. The Morgan fingerprint density at radius 3 is 2.73 bits per heavy atom. The standard InChI is InChI=1S/C18H25N5O3/c1-3-10-19-17-20-15-14(16(24)21-18(25)22(15)2)23(17)11-7-12-26-13-8-5-4-6-9-13/h4-6,8-9,14-15H,3,7,10-12H2,1-2H3,(H,19,20)(H,21,24,25). The number of nitrogens with zero attached hydrogens (tertiary/aromatic N) is 3. The Labute approximate surface area is 153 Å². The molecule has 2 N–H and O–H groups in total. The summed E-state index contributed by atoms with van der Waals surface area (Å²) in [5.41, 5.74) is 0. The number of likely N-dealkylation sites (N-methyl/N-ethyl adjacent to an activating group) is 1. The summed E-state index contributed by atoms with van der Waals surface area (Å²) in [5, 5.41) is 5.63. The normalized spacial score (nSPS) is 23.7. The topological polar surface area (TPSA) is 86.3 Å². The molecule has 2 aliphatic rings. The van der Waals surface area contributed by atoms with E-state index in [4.69, 9.17) is 4.74 Å². The zero-order valence-corrected chi connectivity index (χ0v) is 15.1. The lowest BCUT2D eigenvalue weighted by molar-refractivity contribution is -0.127. The Hall–Kier alpha value is -2.77. The molecule has 8 heteroatoms. The quantitative estimate of drug-likeness (QED) is 0.710. The lowest BCUT2D eigenvalue weighted by Gasteiger charge is -2.35. The zero-order valence-electron chi connectivity index (χ0n) is 15.1. The predicted octanol–water partition coefficient (Wildman–Crippen LogP) is 1.00. The van der Waals surface area contributed by atoms with Gasteiger partial charge >= 0.3 is 6.03 Å². The van der Waals surface area contributed by atoms with Gasteiger partial charge in [0.2, 0.25) is 0 Å². The molecule has 3 rings (SSSR count). The summed E-state index contributed by atoms with van der Waals surface area (Å²) in [5.74, 6) is 1.19. The third-order valence-electron chi connectivity index (χ3n) is 4.46. The van der Waals surface area contributed by atoms with Crippen molar-refractivity contribution in [1.29, 1.82) is 0 Å². The second-order valence-corrected chi connectivity index (χ2v) is 6.35. The lowest BCUT2D eigenvalue weighted by Crippen LogP contribution is -2.64. The van der Waals surface area contributed by atoms with Gasteiger partial charge in [0.15, 0.2) is 12.0 Å². The Kier molecular flexibility index (Phi) is 5.60. The molecule has 2 fully saturated rings. The number of para-hydroxylation sites is 1. The summed E-state index contributed by atoms with van der Waals surface area (Å²) >= 11 is 0. The van der Waals surface area contributed by atoms with E-state index < -0.39 is 18.2 Å². The van der Waals surface area contributed by atoms with Crippen LogP contribution in [-0.2, 0) is 4.79 Å². The number of hydrogen-bond acceptors (Lipinski definition) is 4. The summed E-state index contributed by atoms with van der Waals surface area (Å²) in [4.78, 5) is 32.3. The highest BCUT2D eigenvalue weighted by Gasteiger charge is 2.49. The average Bonchev–Trinajstić information content (AvgIpc) is 3.01. The molecule has 0 radical (unpaired) electrons. The SMILES string of the molecule is CCCN=C1NC2C(C(=O)NC(=O)N2C)N1CCCOc1ccccc1. The molecular formula is C18H25N5O3. The molecule has 0 aliphatic carbocycles. The number of amides is 3. The van der Waals surface area contributed by atoms with Gasteiger partial charge in [0.1, 0.15) is 11.9 Å². The molecule has 1 aromatic rings. The summed E-state index contributed by atoms with van der Waals surface area (Å²) < 4.78 is 5.73. The van der Waals surface area contributed by atoms with Gasteiger partial charge in [-0.3, -0.25) is 15.1 Å². The van der Waals surface area contributed by atoms with Crippen molar-refractivity contribution >= 4 is 17.9 Å². The van der Waals surface area contributed by atoms with Crippen LogP contribution >= 0.6 is 0 Å². The number of fused-ring (bicyclic) bond motifs is 1. The molecule has 2 heterocycles. The van der Waals surface area contributed by atoms with Gasteiger partial charge in [0.05, 0.1) is 6.61 Å². The Bertz CT molecular complexity index is 679. The maximum atomic E-state index is 12.4. The van der Waals surface area contributed by atoms with Crippen molar-refractivity contribution in [2.75, 3.05) is 26.7 Å². The van der Waals surface area contributed by atoms with Crippen LogP contribution < -0.4 is 15.4 Å². The van der Waals surface area contributed by atoms with E-state index in [1.807, 2.05) is 42.2 Å². The van der Waals surface area contributed by atoms with E-state index in [0.29, 0.717) is 25.7 Å². The van der Waals surface area contributed by atoms with Crippen LogP contribution in [0, 0.1) is 0 Å². The van der Waals surface area contributed by atoms with Crippen molar-refractivity contribution in [3.63, 3.8) is 0 Å². The van der Waals surface area contributed by atoms with Gasteiger partial charge < -0.3 is 19.9 Å². The van der Waals surface area contributed by atoms with Crippen molar-refractivity contribution < 1.29 is 14.3 Å². The van der Waals surface area contributed by atoms with Crippen molar-refractivity contribution in [2.45, 2.75) is 32.0 Å². The zero-order chi connectivity index (χ0) is 18.5. The van der Waals surface area contributed by atoms with Crippen LogP contribution in [0.2, 0.25) is 0 Å². The fraction of sp³-hybridized carbons (Fsp3) is 0.500. The first-order chi connectivity index (χ1) is 12.6. The fourth-order valence-corrected chi connectivity index (χ4v) is 3.12. The van der Waals surface area contributed by atoms with Crippen LogP contribution in [0.5, 0.6) is 5.75 Å². The number of carbonyl (C=O) groups excluding carboxylic acids is 2. The molecule has 0 aromatic heterocycles. The van der Waals surface area contributed by atoms with Gasteiger partial charge in [-0.25, -0.2) is 4.79 Å². The smallest absolute Gasteiger partial charge is 0.325 e. The molecule has 1 aromatic carbocycles. The minimum absolute atomic E-state index is 0.295. The number of urea groups is 1. The molecule has 26 heavy (non-hydrogen) atoms. The highest BCUT2D eigenvalue weighted by atomic mass is 16.5. The average molecular weight is 359 g/mol. The van der Waals surface area contributed by atoms with Gasteiger partial charge in [-0.2, -0.15) is 0 Å². The lowest BCUT2D eigenvalue weighted by atomic mass is 10.1. The third-order valence-corrected chi connectivity index (χ3v) is 4.46. The largest absolute Gasteiger partial charge is 0.494 e. The van der Waals surface area contributed by atoms with E-state index in [9.17, 15) is 9.59 Å². The van der Waals surface area contributed by atoms with E-state index >= 15 is 0 Å². The number of carbonyl (C=O) groups is 2. The summed E-state index contributed by atoms with van der Waals surface area (Å²) in [6.45, 7) is 3.86. The number of rotatable bonds is 7. The Morgan fingerprint density at radius 2 is 2.00 bits per heavy atom. The van der Waals surface area contributed by atoms with Gasteiger partial charge in [-0.1, -0.05) is 25.1 Å². The maximum Gasteiger partial charge on any atom is 0.325 e.